The van der Waals surface area contributed by atoms with Gasteiger partial charge in [0.1, 0.15) is 0 Å². The average Bonchev–Trinajstić information content (AvgIpc) is 2.75. The maximum Gasteiger partial charge on any atom is 0.0629 e. The normalized spacial score (nSPS) is 11.5. The maximum atomic E-state index is 4.59. The topological polar surface area (TPSA) is 24.4 Å². The molecule has 0 aliphatic carbocycles. The Morgan fingerprint density at radius 2 is 1.37 bits per heavy atom. The minimum absolute atomic E-state index is 0. The van der Waals surface area contributed by atoms with Crippen LogP contribution in [0.25, 0.3) is 16.5 Å². The molecule has 0 aromatic heterocycles. The molecular formula is C27H25ClN2. The number of hydrogen-bond donors (Lipinski definition) is 1. The molecule has 4 aromatic rings. The van der Waals surface area contributed by atoms with Crippen LogP contribution in [0.5, 0.6) is 0 Å². The van der Waals surface area contributed by atoms with Gasteiger partial charge in [0, 0.05) is 17.6 Å². The molecule has 0 saturated heterocycles. The number of aliphatic imine (C=N–C) groups is 1. The van der Waals surface area contributed by atoms with Crippen molar-refractivity contribution in [2.75, 3.05) is 5.32 Å². The Morgan fingerprint density at radius 3 is 2.07 bits per heavy atom. The number of fused-ring (bicyclic) bond motifs is 1. The summed E-state index contributed by atoms with van der Waals surface area (Å²) in [6, 6.07) is 31.6. The number of nitrogens with zero attached hydrogens (tertiary/aromatic N) is 1. The molecular weight excluding hydrogens is 388 g/mol. The molecule has 1 N–H and O–H groups in total. The second-order valence-corrected chi connectivity index (χ2v) is 7.25. The number of nitrogens with one attached hydrogen (secondary N) is 1. The third-order valence-corrected chi connectivity index (χ3v) is 4.89. The summed E-state index contributed by atoms with van der Waals surface area (Å²) < 4.78 is 0. The molecule has 0 heterocycles. The predicted molar refractivity (Wildman–Crippen MR) is 133 cm³/mol. The number of hydrogen-bond acceptors (Lipinski definition) is 2. The highest BCUT2D eigenvalue weighted by molar-refractivity contribution is 5.93. The summed E-state index contributed by atoms with van der Waals surface area (Å²) in [4.78, 5) is 4.59. The van der Waals surface area contributed by atoms with E-state index in [1.165, 1.54) is 21.9 Å². The minimum atomic E-state index is 0. The quantitative estimate of drug-likeness (QED) is 0.333. The van der Waals surface area contributed by atoms with Crippen molar-refractivity contribution in [1.82, 2.24) is 0 Å². The maximum absolute atomic E-state index is 4.59. The molecule has 0 bridgehead atoms. The minimum Gasteiger partial charge on any atom is -0.355 e. The molecule has 0 atom stereocenters. The van der Waals surface area contributed by atoms with Crippen LogP contribution in [0.4, 0.5) is 11.4 Å². The molecule has 3 heteroatoms. The SMILES string of the molecule is Cc1ccc(N=C/C=C(\Nc2ccc(C)cc2)c2ccc3ccccc3c2)cc1.Cl. The Labute approximate surface area is 184 Å². The van der Waals surface area contributed by atoms with Crippen LogP contribution in [-0.4, -0.2) is 6.21 Å². The van der Waals surface area contributed by atoms with Gasteiger partial charge in [-0.15, -0.1) is 12.4 Å². The summed E-state index contributed by atoms with van der Waals surface area (Å²) >= 11 is 0. The van der Waals surface area contributed by atoms with E-state index < -0.39 is 0 Å². The fraction of sp³-hybridized carbons (Fsp3) is 0.0741. The van der Waals surface area contributed by atoms with Gasteiger partial charge in [0.25, 0.3) is 0 Å². The Bertz CT molecular complexity index is 1170. The molecule has 0 amide bonds. The Hall–Kier alpha value is -3.36. The van der Waals surface area contributed by atoms with Crippen LogP contribution in [-0.2, 0) is 0 Å². The number of rotatable bonds is 5. The number of allylic oxidation sites excluding steroid dienone is 1. The first-order valence-electron chi connectivity index (χ1n) is 9.81. The molecule has 4 aromatic carbocycles. The zero-order valence-electron chi connectivity index (χ0n) is 17.2. The van der Waals surface area contributed by atoms with Crippen molar-refractivity contribution < 1.29 is 0 Å². The van der Waals surface area contributed by atoms with Gasteiger partial charge in [0.2, 0.25) is 0 Å². The summed E-state index contributed by atoms with van der Waals surface area (Å²) in [6.07, 6.45) is 3.89. The van der Waals surface area contributed by atoms with Crippen molar-refractivity contribution in [1.29, 1.82) is 0 Å². The Balaban J connectivity index is 0.00000256. The predicted octanol–water partition coefficient (Wildman–Crippen LogP) is 7.73. The van der Waals surface area contributed by atoms with Crippen molar-refractivity contribution in [3.05, 3.63) is 114 Å². The molecule has 4 rings (SSSR count). The summed E-state index contributed by atoms with van der Waals surface area (Å²) in [5.74, 6) is 0. The smallest absolute Gasteiger partial charge is 0.0629 e. The van der Waals surface area contributed by atoms with Crippen molar-refractivity contribution in [3.63, 3.8) is 0 Å². The van der Waals surface area contributed by atoms with Gasteiger partial charge in [-0.25, -0.2) is 0 Å². The molecule has 0 unspecified atom stereocenters. The summed E-state index contributed by atoms with van der Waals surface area (Å²) in [5, 5.41) is 6.01. The van der Waals surface area contributed by atoms with Gasteiger partial charge in [0.05, 0.1) is 5.69 Å². The van der Waals surface area contributed by atoms with E-state index in [-0.39, 0.29) is 12.4 Å². The fourth-order valence-corrected chi connectivity index (χ4v) is 3.19. The standard InChI is InChI=1S/C27H24N2.ClH/c1-20-7-13-25(14-8-20)28-18-17-27(29-26-15-9-21(2)10-16-26)24-12-11-22-5-3-4-6-23(22)19-24;/h3-19,29H,1-2H3;1H/b27-17-,28-18?;. The van der Waals surface area contributed by atoms with Crippen molar-refractivity contribution in [2.24, 2.45) is 4.99 Å². The highest BCUT2D eigenvalue weighted by atomic mass is 35.5. The number of benzene rings is 4. The molecule has 0 spiro atoms. The van der Waals surface area contributed by atoms with Crippen LogP contribution in [0.15, 0.2) is 102 Å². The van der Waals surface area contributed by atoms with Crippen molar-refractivity contribution in [2.45, 2.75) is 13.8 Å². The molecule has 2 nitrogen and oxygen atoms in total. The van der Waals surface area contributed by atoms with E-state index in [9.17, 15) is 0 Å². The van der Waals surface area contributed by atoms with E-state index in [1.807, 2.05) is 24.4 Å². The van der Waals surface area contributed by atoms with Crippen LogP contribution >= 0.6 is 12.4 Å². The van der Waals surface area contributed by atoms with E-state index in [0.717, 1.165) is 22.6 Å². The number of halogens is 1. The lowest BCUT2D eigenvalue weighted by atomic mass is 10.0. The second kappa shape index (κ2) is 9.91. The molecule has 0 fully saturated rings. The molecule has 0 saturated carbocycles. The van der Waals surface area contributed by atoms with Gasteiger partial charge in [0.15, 0.2) is 0 Å². The Morgan fingerprint density at radius 1 is 0.733 bits per heavy atom. The highest BCUT2D eigenvalue weighted by Crippen LogP contribution is 2.23. The van der Waals surface area contributed by atoms with E-state index in [2.05, 4.69) is 103 Å². The highest BCUT2D eigenvalue weighted by Gasteiger charge is 2.04. The first-order chi connectivity index (χ1) is 14.2. The van der Waals surface area contributed by atoms with Crippen LogP contribution < -0.4 is 5.32 Å². The van der Waals surface area contributed by atoms with Crippen LogP contribution in [0.2, 0.25) is 0 Å². The molecule has 30 heavy (non-hydrogen) atoms. The number of anilines is 1. The summed E-state index contributed by atoms with van der Waals surface area (Å²) in [5.41, 5.74) is 6.61. The lowest BCUT2D eigenvalue weighted by molar-refractivity contribution is 1.44. The molecule has 0 radical (unpaired) electrons. The second-order valence-electron chi connectivity index (χ2n) is 7.25. The zero-order valence-corrected chi connectivity index (χ0v) is 18.0. The monoisotopic (exact) mass is 412 g/mol. The van der Waals surface area contributed by atoms with Crippen LogP contribution in [0.3, 0.4) is 0 Å². The van der Waals surface area contributed by atoms with Crippen LogP contribution in [0.1, 0.15) is 16.7 Å². The molecule has 150 valence electrons. The van der Waals surface area contributed by atoms with Gasteiger partial charge in [-0.2, -0.15) is 0 Å². The van der Waals surface area contributed by atoms with Crippen molar-refractivity contribution in [3.8, 4) is 0 Å². The van der Waals surface area contributed by atoms with E-state index >= 15 is 0 Å². The van der Waals surface area contributed by atoms with Gasteiger partial charge in [-0.1, -0.05) is 71.8 Å². The van der Waals surface area contributed by atoms with Crippen molar-refractivity contribution >= 4 is 46.5 Å². The lowest BCUT2D eigenvalue weighted by Crippen LogP contribution is -1.99. The third kappa shape index (κ3) is 5.37. The van der Waals surface area contributed by atoms with E-state index in [0.29, 0.717) is 0 Å². The van der Waals surface area contributed by atoms with E-state index in [1.54, 1.807) is 0 Å². The third-order valence-electron chi connectivity index (χ3n) is 4.89. The average molecular weight is 413 g/mol. The summed E-state index contributed by atoms with van der Waals surface area (Å²) in [7, 11) is 0. The zero-order chi connectivity index (χ0) is 20.1. The van der Waals surface area contributed by atoms with Gasteiger partial charge in [-0.3, -0.25) is 4.99 Å². The first-order valence-corrected chi connectivity index (χ1v) is 9.81. The van der Waals surface area contributed by atoms with Crippen LogP contribution in [0, 0.1) is 13.8 Å². The largest absolute Gasteiger partial charge is 0.355 e. The van der Waals surface area contributed by atoms with E-state index in [4.69, 9.17) is 0 Å². The Kier molecular flexibility index (Phi) is 7.05. The fourth-order valence-electron chi connectivity index (χ4n) is 3.19. The molecule has 0 aliphatic heterocycles. The lowest BCUT2D eigenvalue weighted by Gasteiger charge is -2.12. The van der Waals surface area contributed by atoms with Gasteiger partial charge >= 0.3 is 0 Å². The van der Waals surface area contributed by atoms with Gasteiger partial charge in [-0.05, 0) is 66.6 Å². The number of aryl methyl sites for hydroxylation is 2. The first kappa shape index (κ1) is 21.4. The summed E-state index contributed by atoms with van der Waals surface area (Å²) in [6.45, 7) is 4.18. The molecule has 0 aliphatic rings. The van der Waals surface area contributed by atoms with Gasteiger partial charge < -0.3 is 5.32 Å².